The van der Waals surface area contributed by atoms with Crippen LogP contribution >= 0.6 is 0 Å². The summed E-state index contributed by atoms with van der Waals surface area (Å²) in [7, 11) is 0. The molecule has 0 amide bonds. The van der Waals surface area contributed by atoms with E-state index in [2.05, 4.69) is 69.2 Å². The molecule has 0 fully saturated rings. The van der Waals surface area contributed by atoms with Gasteiger partial charge in [0.15, 0.2) is 0 Å². The Morgan fingerprint density at radius 1 is 0.632 bits per heavy atom. The monoisotopic (exact) mass is 275 g/mol. The maximum Gasteiger partial charge on any atom is -0.00748 e. The fourth-order valence-electron chi connectivity index (χ4n) is 0.333. The number of nitrogens with two attached hydrogens (primary N) is 1. The van der Waals surface area contributed by atoms with E-state index < -0.39 is 0 Å². The van der Waals surface area contributed by atoms with Crippen LogP contribution in [0.2, 0.25) is 0 Å². The summed E-state index contributed by atoms with van der Waals surface area (Å²) < 4.78 is 0. The van der Waals surface area contributed by atoms with Gasteiger partial charge in [-0.15, -0.1) is 0 Å². The van der Waals surface area contributed by atoms with Gasteiger partial charge in [0, 0.05) is 0 Å². The summed E-state index contributed by atoms with van der Waals surface area (Å²) in [4.78, 5) is 0. The Labute approximate surface area is 125 Å². The Balaban J connectivity index is -0.0000000811. The van der Waals surface area contributed by atoms with E-state index in [1.165, 1.54) is 19.3 Å². The molecule has 1 heteroatoms. The van der Waals surface area contributed by atoms with Crippen molar-refractivity contribution in [3.63, 3.8) is 0 Å². The fraction of sp³-hybridized carbons (Fsp3) is 1.00. The number of hydrogen-bond donors (Lipinski definition) is 1. The molecule has 0 aliphatic rings. The second-order valence-electron chi connectivity index (χ2n) is 6.28. The number of rotatable bonds is 4. The maximum absolute atomic E-state index is 5.23. The Bertz CT molecular complexity index is 98.3. The average Bonchev–Trinajstić information content (AvgIpc) is 2.31. The lowest BCUT2D eigenvalue weighted by molar-refractivity contribution is 0.596. The zero-order valence-corrected chi connectivity index (χ0v) is 15.8. The summed E-state index contributed by atoms with van der Waals surface area (Å²) >= 11 is 0. The van der Waals surface area contributed by atoms with Crippen molar-refractivity contribution in [3.05, 3.63) is 0 Å². The first-order chi connectivity index (χ1) is 8.72. The lowest BCUT2D eigenvalue weighted by Crippen LogP contribution is -2.01. The highest BCUT2D eigenvalue weighted by molar-refractivity contribution is 4.42. The quantitative estimate of drug-likeness (QED) is 0.621. The Kier molecular flexibility index (Phi) is 38.1. The van der Waals surface area contributed by atoms with Crippen LogP contribution in [0, 0.1) is 17.8 Å². The van der Waals surface area contributed by atoms with Crippen molar-refractivity contribution in [1.29, 1.82) is 0 Å². The molecule has 1 nitrogen and oxygen atoms in total. The molecule has 0 radical (unpaired) electrons. The van der Waals surface area contributed by atoms with Gasteiger partial charge >= 0.3 is 0 Å². The smallest absolute Gasteiger partial charge is 0.00748 e. The molecule has 0 aromatic heterocycles. The molecule has 0 saturated heterocycles. The topological polar surface area (TPSA) is 26.0 Å². The molecule has 122 valence electrons. The van der Waals surface area contributed by atoms with Crippen molar-refractivity contribution >= 4 is 0 Å². The van der Waals surface area contributed by atoms with Crippen LogP contribution in [0.15, 0.2) is 0 Å². The van der Waals surface area contributed by atoms with Gasteiger partial charge in [-0.3, -0.25) is 0 Å². The Hall–Kier alpha value is -0.0400. The van der Waals surface area contributed by atoms with Gasteiger partial charge in [-0.05, 0) is 30.7 Å². The Morgan fingerprint density at radius 2 is 0.842 bits per heavy atom. The highest BCUT2D eigenvalue weighted by Crippen LogP contribution is 1.94. The summed E-state index contributed by atoms with van der Waals surface area (Å²) in [5, 5.41) is 0. The highest BCUT2D eigenvalue weighted by atomic mass is 14.5. The van der Waals surface area contributed by atoms with Crippen LogP contribution in [0.5, 0.6) is 0 Å². The first kappa shape index (κ1) is 27.3. The van der Waals surface area contributed by atoms with Crippen molar-refractivity contribution in [2.75, 3.05) is 6.54 Å². The van der Waals surface area contributed by atoms with Crippen LogP contribution in [0.25, 0.3) is 0 Å². The van der Waals surface area contributed by atoms with Crippen LogP contribution in [-0.4, -0.2) is 6.54 Å². The molecule has 0 rings (SSSR count). The predicted molar refractivity (Wildman–Crippen MR) is 94.7 cm³/mol. The standard InChI is InChI=1S/C5H13N.2C5H12.C3H8/c1-5(2)3-4-6;2*1-4-5(2)3;1-3-2/h5H,3-4,6H2,1-2H3;2*5H,4H2,1-3H3;3H2,1-2H3. The van der Waals surface area contributed by atoms with Gasteiger partial charge in [-0.1, -0.05) is 88.5 Å². The van der Waals surface area contributed by atoms with E-state index >= 15 is 0 Å². The van der Waals surface area contributed by atoms with Crippen LogP contribution in [0.1, 0.15) is 94.9 Å². The van der Waals surface area contributed by atoms with E-state index in [0.29, 0.717) is 0 Å². The third-order valence-corrected chi connectivity index (χ3v) is 2.38. The van der Waals surface area contributed by atoms with E-state index in [0.717, 1.165) is 30.7 Å². The van der Waals surface area contributed by atoms with Gasteiger partial charge < -0.3 is 5.73 Å². The summed E-state index contributed by atoms with van der Waals surface area (Å²) in [5.74, 6) is 2.54. The molecule has 0 aliphatic carbocycles. The summed E-state index contributed by atoms with van der Waals surface area (Å²) in [6, 6.07) is 0. The van der Waals surface area contributed by atoms with Crippen LogP contribution in [-0.2, 0) is 0 Å². The van der Waals surface area contributed by atoms with E-state index in [1.54, 1.807) is 0 Å². The SMILES string of the molecule is CC(C)CCN.CCC.CCC(C)C.CCC(C)C. The summed E-state index contributed by atoms with van der Waals surface area (Å²) in [6.07, 6.45) is 5.01. The van der Waals surface area contributed by atoms with Gasteiger partial charge in [0.25, 0.3) is 0 Å². The van der Waals surface area contributed by atoms with Crippen LogP contribution in [0.3, 0.4) is 0 Å². The minimum atomic E-state index is 0.773. The van der Waals surface area contributed by atoms with Gasteiger partial charge in [-0.25, -0.2) is 0 Å². The first-order valence-corrected chi connectivity index (χ1v) is 8.43. The second kappa shape index (κ2) is 26.5. The minimum Gasteiger partial charge on any atom is -0.330 e. The van der Waals surface area contributed by atoms with Crippen molar-refractivity contribution in [2.45, 2.75) is 94.9 Å². The lowest BCUT2D eigenvalue weighted by Gasteiger charge is -1.96. The zero-order chi connectivity index (χ0) is 16.3. The van der Waals surface area contributed by atoms with E-state index in [9.17, 15) is 0 Å². The summed E-state index contributed by atoms with van der Waals surface area (Å²) in [5.41, 5.74) is 5.23. The third kappa shape index (κ3) is 94.4. The Morgan fingerprint density at radius 3 is 0.842 bits per heavy atom. The molecule has 0 spiro atoms. The fourth-order valence-corrected chi connectivity index (χ4v) is 0.333. The van der Waals surface area contributed by atoms with Gasteiger partial charge in [0.2, 0.25) is 0 Å². The van der Waals surface area contributed by atoms with E-state index in [-0.39, 0.29) is 0 Å². The molecule has 0 aromatic rings. The van der Waals surface area contributed by atoms with Gasteiger partial charge in [0.05, 0.1) is 0 Å². The van der Waals surface area contributed by atoms with E-state index in [1.807, 2.05) is 0 Å². The van der Waals surface area contributed by atoms with E-state index in [4.69, 9.17) is 5.73 Å². The molecule has 0 aliphatic heterocycles. The molecule has 0 atom stereocenters. The largest absolute Gasteiger partial charge is 0.330 e. The second-order valence-corrected chi connectivity index (χ2v) is 6.28. The highest BCUT2D eigenvalue weighted by Gasteiger charge is 1.85. The third-order valence-electron chi connectivity index (χ3n) is 2.38. The molecule has 19 heavy (non-hydrogen) atoms. The number of hydrogen-bond acceptors (Lipinski definition) is 1. The predicted octanol–water partition coefficient (Wildman–Crippen LogP) is 6.51. The molecule has 0 bridgehead atoms. The molecule has 2 N–H and O–H groups in total. The van der Waals surface area contributed by atoms with Crippen molar-refractivity contribution in [1.82, 2.24) is 0 Å². The zero-order valence-electron chi connectivity index (χ0n) is 15.8. The van der Waals surface area contributed by atoms with Crippen molar-refractivity contribution in [2.24, 2.45) is 23.5 Å². The minimum absolute atomic E-state index is 0.773. The average molecular weight is 276 g/mol. The maximum atomic E-state index is 5.23. The van der Waals surface area contributed by atoms with Crippen LogP contribution in [0.4, 0.5) is 0 Å². The molecule has 0 heterocycles. The molecule has 0 unspecified atom stereocenters. The normalized spacial score (nSPS) is 9.16. The summed E-state index contributed by atoms with van der Waals surface area (Å²) in [6.45, 7) is 22.7. The van der Waals surface area contributed by atoms with Gasteiger partial charge in [0.1, 0.15) is 0 Å². The molecule has 0 saturated carbocycles. The lowest BCUT2D eigenvalue weighted by atomic mass is 10.1. The molecular formula is C18H45N. The molecular weight excluding hydrogens is 230 g/mol. The van der Waals surface area contributed by atoms with Crippen LogP contribution < -0.4 is 5.73 Å². The van der Waals surface area contributed by atoms with Crippen molar-refractivity contribution < 1.29 is 0 Å². The van der Waals surface area contributed by atoms with Crippen molar-refractivity contribution in [3.8, 4) is 0 Å². The van der Waals surface area contributed by atoms with Gasteiger partial charge in [-0.2, -0.15) is 0 Å². The first-order valence-electron chi connectivity index (χ1n) is 8.43. The molecule has 0 aromatic carbocycles.